The molecule has 0 aromatic carbocycles. The minimum Gasteiger partial charge on any atom is -0.390 e. The van der Waals surface area contributed by atoms with Crippen LogP contribution in [-0.2, 0) is 6.61 Å². The van der Waals surface area contributed by atoms with Crippen LogP contribution < -0.4 is 4.90 Å². The molecule has 1 fully saturated rings. The van der Waals surface area contributed by atoms with E-state index in [9.17, 15) is 0 Å². The second-order valence-electron chi connectivity index (χ2n) is 4.85. The van der Waals surface area contributed by atoms with E-state index in [-0.39, 0.29) is 6.61 Å². The van der Waals surface area contributed by atoms with Crippen LogP contribution in [0.2, 0.25) is 0 Å². The highest BCUT2D eigenvalue weighted by Gasteiger charge is 2.22. The van der Waals surface area contributed by atoms with E-state index >= 15 is 0 Å². The van der Waals surface area contributed by atoms with E-state index < -0.39 is 0 Å². The Morgan fingerprint density at radius 2 is 2.29 bits per heavy atom. The number of aliphatic hydroxyl groups is 1. The molecule has 0 aliphatic carbocycles. The molecule has 94 valence electrons. The molecule has 0 spiro atoms. The number of likely N-dealkylation sites (N-methyl/N-ethyl adjacent to an activating group) is 1. The van der Waals surface area contributed by atoms with Gasteiger partial charge in [-0.05, 0) is 39.1 Å². The van der Waals surface area contributed by atoms with Gasteiger partial charge in [-0.1, -0.05) is 6.07 Å². The fraction of sp³-hybridized carbons (Fsp3) is 0.615. The van der Waals surface area contributed by atoms with Crippen LogP contribution in [-0.4, -0.2) is 48.2 Å². The van der Waals surface area contributed by atoms with Crippen molar-refractivity contribution in [1.29, 1.82) is 0 Å². The summed E-state index contributed by atoms with van der Waals surface area (Å²) < 4.78 is 0. The Kier molecular flexibility index (Phi) is 3.97. The average molecular weight is 235 g/mol. The van der Waals surface area contributed by atoms with E-state index in [2.05, 4.69) is 28.9 Å². The van der Waals surface area contributed by atoms with Gasteiger partial charge in [0.2, 0.25) is 0 Å². The lowest BCUT2D eigenvalue weighted by molar-refractivity contribution is 0.257. The number of rotatable bonds is 3. The van der Waals surface area contributed by atoms with Gasteiger partial charge in [0.05, 0.1) is 12.3 Å². The number of anilines is 1. The maximum absolute atomic E-state index is 9.11. The van der Waals surface area contributed by atoms with Crippen molar-refractivity contribution in [3.63, 3.8) is 0 Å². The topological polar surface area (TPSA) is 39.6 Å². The lowest BCUT2D eigenvalue weighted by atomic mass is 10.0. The zero-order valence-electron chi connectivity index (χ0n) is 10.6. The molecule has 0 saturated carbocycles. The Morgan fingerprint density at radius 3 is 3.00 bits per heavy atom. The summed E-state index contributed by atoms with van der Waals surface area (Å²) in [5.74, 6) is 0.989. The molecule has 1 atom stereocenters. The molecule has 1 aliphatic heterocycles. The first-order valence-electron chi connectivity index (χ1n) is 6.19. The van der Waals surface area contributed by atoms with Gasteiger partial charge in [0, 0.05) is 19.1 Å². The standard InChI is InChI=1S/C13H21N3O/c1-15(2)12-6-4-8-16(9-12)13-7-3-5-11(10-17)14-13/h3,5,7,12,17H,4,6,8-10H2,1-2H3. The number of aliphatic hydroxyl groups excluding tert-OH is 1. The lowest BCUT2D eigenvalue weighted by Gasteiger charge is -2.36. The van der Waals surface area contributed by atoms with Crippen molar-refractivity contribution in [3.05, 3.63) is 23.9 Å². The van der Waals surface area contributed by atoms with Crippen molar-refractivity contribution >= 4 is 5.82 Å². The summed E-state index contributed by atoms with van der Waals surface area (Å²) in [7, 11) is 4.26. The van der Waals surface area contributed by atoms with Gasteiger partial charge >= 0.3 is 0 Å². The number of aromatic nitrogens is 1. The summed E-state index contributed by atoms with van der Waals surface area (Å²) in [6.07, 6.45) is 2.46. The quantitative estimate of drug-likeness (QED) is 0.852. The second kappa shape index (κ2) is 5.47. The van der Waals surface area contributed by atoms with Crippen LogP contribution in [0.4, 0.5) is 5.82 Å². The summed E-state index contributed by atoms with van der Waals surface area (Å²) in [4.78, 5) is 9.06. The van der Waals surface area contributed by atoms with Crippen molar-refractivity contribution in [2.75, 3.05) is 32.1 Å². The van der Waals surface area contributed by atoms with E-state index in [0.717, 1.165) is 24.6 Å². The second-order valence-corrected chi connectivity index (χ2v) is 4.85. The van der Waals surface area contributed by atoms with Crippen molar-refractivity contribution in [2.45, 2.75) is 25.5 Å². The summed E-state index contributed by atoms with van der Waals surface area (Å²) in [6.45, 7) is 2.10. The Bertz CT molecular complexity index is 367. The van der Waals surface area contributed by atoms with Crippen LogP contribution in [0.25, 0.3) is 0 Å². The van der Waals surface area contributed by atoms with Crippen LogP contribution in [0.15, 0.2) is 18.2 Å². The van der Waals surface area contributed by atoms with Crippen molar-refractivity contribution in [3.8, 4) is 0 Å². The first-order valence-corrected chi connectivity index (χ1v) is 6.19. The van der Waals surface area contributed by atoms with Gasteiger partial charge in [-0.15, -0.1) is 0 Å². The van der Waals surface area contributed by atoms with E-state index in [1.165, 1.54) is 12.8 Å². The third-order valence-corrected chi connectivity index (χ3v) is 3.40. The number of pyridine rings is 1. The Morgan fingerprint density at radius 1 is 1.47 bits per heavy atom. The minimum atomic E-state index is 0.0127. The van der Waals surface area contributed by atoms with Gasteiger partial charge in [0.25, 0.3) is 0 Å². The summed E-state index contributed by atoms with van der Waals surface area (Å²) in [6, 6.07) is 6.45. The summed E-state index contributed by atoms with van der Waals surface area (Å²) >= 11 is 0. The largest absolute Gasteiger partial charge is 0.390 e. The van der Waals surface area contributed by atoms with Crippen molar-refractivity contribution in [2.24, 2.45) is 0 Å². The molecule has 2 rings (SSSR count). The number of hydrogen-bond acceptors (Lipinski definition) is 4. The third-order valence-electron chi connectivity index (χ3n) is 3.40. The molecule has 4 heteroatoms. The molecule has 1 saturated heterocycles. The smallest absolute Gasteiger partial charge is 0.128 e. The van der Waals surface area contributed by atoms with Gasteiger partial charge in [0.1, 0.15) is 5.82 Å². The fourth-order valence-electron chi connectivity index (χ4n) is 2.32. The van der Waals surface area contributed by atoms with Gasteiger partial charge in [-0.25, -0.2) is 4.98 Å². The Balaban J connectivity index is 2.10. The van der Waals surface area contributed by atoms with E-state index in [4.69, 9.17) is 5.11 Å². The molecule has 1 N–H and O–H groups in total. The zero-order valence-corrected chi connectivity index (χ0v) is 10.6. The molecule has 2 heterocycles. The van der Waals surface area contributed by atoms with Crippen LogP contribution in [0.5, 0.6) is 0 Å². The minimum absolute atomic E-state index is 0.0127. The monoisotopic (exact) mass is 235 g/mol. The van der Waals surface area contributed by atoms with Crippen LogP contribution in [0.1, 0.15) is 18.5 Å². The molecular formula is C13H21N3O. The summed E-state index contributed by atoms with van der Waals surface area (Å²) in [5, 5.41) is 9.11. The summed E-state index contributed by atoms with van der Waals surface area (Å²) in [5.41, 5.74) is 0.745. The molecule has 1 unspecified atom stereocenters. The molecule has 0 bridgehead atoms. The predicted octanol–water partition coefficient (Wildman–Crippen LogP) is 1.10. The number of hydrogen-bond donors (Lipinski definition) is 1. The highest BCUT2D eigenvalue weighted by molar-refractivity contribution is 5.40. The number of piperidine rings is 1. The molecule has 1 aromatic heterocycles. The maximum Gasteiger partial charge on any atom is 0.128 e. The Labute approximate surface area is 103 Å². The lowest BCUT2D eigenvalue weighted by Crippen LogP contribution is -2.45. The average Bonchev–Trinajstić information content (AvgIpc) is 2.39. The molecule has 0 amide bonds. The van der Waals surface area contributed by atoms with E-state index in [1.807, 2.05) is 18.2 Å². The van der Waals surface area contributed by atoms with Gasteiger partial charge < -0.3 is 14.9 Å². The molecule has 17 heavy (non-hydrogen) atoms. The maximum atomic E-state index is 9.11. The highest BCUT2D eigenvalue weighted by atomic mass is 16.3. The van der Waals surface area contributed by atoms with Crippen molar-refractivity contribution < 1.29 is 5.11 Å². The van der Waals surface area contributed by atoms with Crippen LogP contribution in [0, 0.1) is 0 Å². The number of nitrogens with zero attached hydrogens (tertiary/aromatic N) is 3. The van der Waals surface area contributed by atoms with Crippen LogP contribution in [0.3, 0.4) is 0 Å². The predicted molar refractivity (Wildman–Crippen MR) is 69.1 cm³/mol. The van der Waals surface area contributed by atoms with E-state index in [1.54, 1.807) is 0 Å². The van der Waals surface area contributed by atoms with Gasteiger partial charge in [-0.3, -0.25) is 0 Å². The van der Waals surface area contributed by atoms with Crippen molar-refractivity contribution in [1.82, 2.24) is 9.88 Å². The molecule has 4 nitrogen and oxygen atoms in total. The molecule has 1 aromatic rings. The van der Waals surface area contributed by atoms with Gasteiger partial charge in [0.15, 0.2) is 0 Å². The first-order chi connectivity index (χ1) is 8.20. The third kappa shape index (κ3) is 2.96. The Hall–Kier alpha value is -1.13. The SMILES string of the molecule is CN(C)C1CCCN(c2cccc(CO)n2)C1. The fourth-order valence-corrected chi connectivity index (χ4v) is 2.32. The molecule has 1 aliphatic rings. The highest BCUT2D eigenvalue weighted by Crippen LogP contribution is 2.20. The van der Waals surface area contributed by atoms with Crippen LogP contribution >= 0.6 is 0 Å². The normalized spacial score (nSPS) is 20.9. The first kappa shape index (κ1) is 12.3. The zero-order chi connectivity index (χ0) is 12.3. The molecule has 0 radical (unpaired) electrons. The van der Waals surface area contributed by atoms with E-state index in [0.29, 0.717) is 6.04 Å². The van der Waals surface area contributed by atoms with Gasteiger partial charge in [-0.2, -0.15) is 0 Å². The molecular weight excluding hydrogens is 214 g/mol.